The van der Waals surface area contributed by atoms with Crippen molar-refractivity contribution in [1.29, 1.82) is 0 Å². The predicted molar refractivity (Wildman–Crippen MR) is 38.2 cm³/mol. The second-order valence-electron chi connectivity index (χ2n) is 1.95. The summed E-state index contributed by atoms with van der Waals surface area (Å²) in [5.74, 6) is -0.378. The van der Waals surface area contributed by atoms with E-state index >= 15 is 0 Å². The second-order valence-corrected chi connectivity index (χ2v) is 3.63. The van der Waals surface area contributed by atoms with Gasteiger partial charge in [0, 0.05) is 7.11 Å². The van der Waals surface area contributed by atoms with Crippen LogP contribution in [0.4, 0.5) is 0 Å². The van der Waals surface area contributed by atoms with Crippen LogP contribution in [-0.4, -0.2) is 17.5 Å². The molecule has 0 spiro atoms. The Morgan fingerprint density at radius 2 is 2.33 bits per heavy atom. The molecular weight excluding hydrogens is 186 g/mol. The number of nitrogens with two attached hydrogens (primary N) is 1. The monoisotopic (exact) mass is 195 g/mol. The van der Waals surface area contributed by atoms with Crippen molar-refractivity contribution in [2.75, 3.05) is 7.11 Å². The largest absolute Gasteiger partial charge is 0.370 e. The third kappa shape index (κ3) is 4.42. The van der Waals surface area contributed by atoms with Crippen molar-refractivity contribution in [3.8, 4) is 0 Å². The summed E-state index contributed by atoms with van der Waals surface area (Å²) in [6.45, 7) is 1.73. The lowest BCUT2D eigenvalue weighted by Gasteiger charge is -2.17. The van der Waals surface area contributed by atoms with E-state index in [-0.39, 0.29) is 12.3 Å². The highest BCUT2D eigenvalue weighted by atomic mass is 79.9. The first-order valence-corrected chi connectivity index (χ1v) is 3.29. The molecule has 0 heterocycles. The highest BCUT2D eigenvalue weighted by molar-refractivity contribution is 9.10. The van der Waals surface area contributed by atoms with Crippen molar-refractivity contribution in [1.82, 2.24) is 0 Å². The zero-order valence-electron chi connectivity index (χ0n) is 5.48. The molecule has 0 aliphatic rings. The van der Waals surface area contributed by atoms with Crippen LogP contribution in [0.2, 0.25) is 0 Å². The maximum Gasteiger partial charge on any atom is 0.221 e. The van der Waals surface area contributed by atoms with Crippen molar-refractivity contribution >= 4 is 21.8 Å². The number of amides is 1. The Kier molecular flexibility index (Phi) is 3.14. The number of alkyl halides is 1. The molecule has 1 amide bonds. The third-order valence-electron chi connectivity index (χ3n) is 0.916. The van der Waals surface area contributed by atoms with Gasteiger partial charge < -0.3 is 10.5 Å². The Morgan fingerprint density at radius 3 is 2.44 bits per heavy atom. The van der Waals surface area contributed by atoms with Gasteiger partial charge in [0.25, 0.3) is 0 Å². The summed E-state index contributed by atoms with van der Waals surface area (Å²) in [6, 6.07) is 0. The van der Waals surface area contributed by atoms with Gasteiger partial charge in [-0.2, -0.15) is 0 Å². The van der Waals surface area contributed by atoms with Crippen molar-refractivity contribution < 1.29 is 9.53 Å². The third-order valence-corrected chi connectivity index (χ3v) is 1.52. The number of carbonyl (C=O) groups is 1. The molecule has 54 valence electrons. The Bertz CT molecular complexity index is 114. The Balaban J connectivity index is 3.71. The van der Waals surface area contributed by atoms with Crippen LogP contribution in [0.15, 0.2) is 0 Å². The molecule has 2 N–H and O–H groups in total. The zero-order chi connectivity index (χ0) is 7.49. The van der Waals surface area contributed by atoms with E-state index in [2.05, 4.69) is 15.9 Å². The predicted octanol–water partition coefficient (Wildman–Crippen LogP) is 0.619. The van der Waals surface area contributed by atoms with E-state index in [0.29, 0.717) is 0 Å². The van der Waals surface area contributed by atoms with Crippen LogP contribution in [0, 0.1) is 0 Å². The molecule has 0 rings (SSSR count). The first kappa shape index (κ1) is 8.91. The maximum absolute atomic E-state index is 10.3. The summed E-state index contributed by atoms with van der Waals surface area (Å²) in [5, 5.41) is 0. The Morgan fingerprint density at radius 1 is 1.89 bits per heavy atom. The Labute approximate surface area is 62.7 Å². The number of hydrogen-bond donors (Lipinski definition) is 1. The van der Waals surface area contributed by atoms with Crippen LogP contribution in [0.25, 0.3) is 0 Å². The average molecular weight is 196 g/mol. The molecule has 0 aromatic rings. The van der Waals surface area contributed by atoms with Gasteiger partial charge in [0.15, 0.2) is 0 Å². The van der Waals surface area contributed by atoms with Gasteiger partial charge >= 0.3 is 0 Å². The summed E-state index contributed by atoms with van der Waals surface area (Å²) in [7, 11) is 1.51. The number of rotatable bonds is 3. The van der Waals surface area contributed by atoms with Crippen LogP contribution >= 0.6 is 15.9 Å². The molecular formula is C5H10BrNO2. The van der Waals surface area contributed by atoms with Gasteiger partial charge in [-0.1, -0.05) is 15.9 Å². The van der Waals surface area contributed by atoms with Crippen molar-refractivity contribution in [3.05, 3.63) is 0 Å². The summed E-state index contributed by atoms with van der Waals surface area (Å²) in [5.41, 5.74) is 4.91. The fourth-order valence-corrected chi connectivity index (χ4v) is 0.660. The molecule has 9 heavy (non-hydrogen) atoms. The lowest BCUT2D eigenvalue weighted by molar-refractivity contribution is -0.120. The van der Waals surface area contributed by atoms with Crippen LogP contribution < -0.4 is 5.73 Å². The van der Waals surface area contributed by atoms with E-state index in [1.807, 2.05) is 0 Å². The van der Waals surface area contributed by atoms with Crippen LogP contribution in [0.1, 0.15) is 13.3 Å². The molecule has 1 atom stereocenters. The van der Waals surface area contributed by atoms with E-state index in [0.717, 1.165) is 0 Å². The van der Waals surface area contributed by atoms with Crippen molar-refractivity contribution in [3.63, 3.8) is 0 Å². The number of ether oxygens (including phenoxy) is 1. The summed E-state index contributed by atoms with van der Waals surface area (Å²) in [4.78, 5) is 10.3. The number of primary amides is 1. The van der Waals surface area contributed by atoms with Gasteiger partial charge in [-0.05, 0) is 6.92 Å². The molecule has 0 bridgehead atoms. The fourth-order valence-electron chi connectivity index (χ4n) is 0.383. The van der Waals surface area contributed by atoms with Gasteiger partial charge in [-0.3, -0.25) is 4.79 Å². The summed E-state index contributed by atoms with van der Waals surface area (Å²) in [6.07, 6.45) is 0.184. The van der Waals surface area contributed by atoms with E-state index in [1.54, 1.807) is 6.92 Å². The minimum absolute atomic E-state index is 0.184. The first-order valence-electron chi connectivity index (χ1n) is 2.50. The quantitative estimate of drug-likeness (QED) is 0.672. The minimum Gasteiger partial charge on any atom is -0.370 e. The lowest BCUT2D eigenvalue weighted by atomic mass is 10.3. The number of methoxy groups -OCH3 is 1. The SMILES string of the molecule is COC(C)(Br)CC(N)=O. The van der Waals surface area contributed by atoms with Gasteiger partial charge in [0.05, 0.1) is 6.42 Å². The summed E-state index contributed by atoms with van der Waals surface area (Å²) < 4.78 is 4.27. The number of hydrogen-bond acceptors (Lipinski definition) is 2. The molecule has 0 aliphatic heterocycles. The topological polar surface area (TPSA) is 52.3 Å². The molecule has 0 radical (unpaired) electrons. The number of halogens is 1. The van der Waals surface area contributed by atoms with E-state index in [1.165, 1.54) is 7.11 Å². The molecule has 0 saturated carbocycles. The highest BCUT2D eigenvalue weighted by Gasteiger charge is 2.21. The zero-order valence-corrected chi connectivity index (χ0v) is 7.06. The van der Waals surface area contributed by atoms with Crippen LogP contribution in [0.5, 0.6) is 0 Å². The van der Waals surface area contributed by atoms with E-state index < -0.39 is 4.51 Å². The van der Waals surface area contributed by atoms with Crippen LogP contribution in [-0.2, 0) is 9.53 Å². The normalized spacial score (nSPS) is 16.8. The molecule has 4 heteroatoms. The lowest BCUT2D eigenvalue weighted by Crippen LogP contribution is -2.26. The van der Waals surface area contributed by atoms with Gasteiger partial charge in [0.1, 0.15) is 4.51 Å². The van der Waals surface area contributed by atoms with Gasteiger partial charge in [-0.25, -0.2) is 0 Å². The smallest absolute Gasteiger partial charge is 0.221 e. The fraction of sp³-hybridized carbons (Fsp3) is 0.800. The molecule has 1 unspecified atom stereocenters. The van der Waals surface area contributed by atoms with Crippen molar-refractivity contribution in [2.24, 2.45) is 5.73 Å². The number of carbonyl (C=O) groups excluding carboxylic acids is 1. The van der Waals surface area contributed by atoms with Crippen molar-refractivity contribution in [2.45, 2.75) is 17.9 Å². The van der Waals surface area contributed by atoms with Gasteiger partial charge in [-0.15, -0.1) is 0 Å². The highest BCUT2D eigenvalue weighted by Crippen LogP contribution is 2.21. The summed E-state index contributed by atoms with van der Waals surface area (Å²) >= 11 is 3.16. The molecule has 0 aliphatic carbocycles. The maximum atomic E-state index is 10.3. The van der Waals surface area contributed by atoms with Crippen LogP contribution in [0.3, 0.4) is 0 Å². The standard InChI is InChI=1S/C5H10BrNO2/c1-5(6,9-2)3-4(7)8/h3H2,1-2H3,(H2,7,8). The molecule has 0 fully saturated rings. The minimum atomic E-state index is -0.598. The van der Waals surface area contributed by atoms with E-state index in [9.17, 15) is 4.79 Å². The Hall–Kier alpha value is -0.0900. The van der Waals surface area contributed by atoms with E-state index in [4.69, 9.17) is 10.5 Å². The molecule has 0 aromatic heterocycles. The average Bonchev–Trinajstić information content (AvgIpc) is 1.63. The second kappa shape index (κ2) is 3.17. The molecule has 0 aromatic carbocycles. The van der Waals surface area contributed by atoms with Gasteiger partial charge in [0.2, 0.25) is 5.91 Å². The first-order chi connectivity index (χ1) is 3.98. The molecule has 0 saturated heterocycles. The molecule has 3 nitrogen and oxygen atoms in total.